The molecule has 1 aliphatic rings. The average Bonchev–Trinajstić information content (AvgIpc) is 2.29. The molecule has 3 N–H and O–H groups in total. The maximum atomic E-state index is 14.3. The number of hydrogen-bond acceptors (Lipinski definition) is 3. The number of halogens is 1. The number of nitrogens with zero attached hydrogens (tertiary/aromatic N) is 1. The van der Waals surface area contributed by atoms with Crippen molar-refractivity contribution in [3.8, 4) is 0 Å². The van der Waals surface area contributed by atoms with Crippen LogP contribution in [-0.4, -0.2) is 34.2 Å². The van der Waals surface area contributed by atoms with Gasteiger partial charge in [-0.15, -0.1) is 0 Å². The molecule has 0 aliphatic heterocycles. The zero-order valence-corrected chi connectivity index (χ0v) is 11.6. The molecule has 5 heteroatoms. The Kier molecular flexibility index (Phi) is 4.85. The second-order valence-corrected chi connectivity index (χ2v) is 5.36. The second-order valence-electron chi connectivity index (χ2n) is 4.92. The number of aliphatic hydroxyl groups excluding tert-OH is 1. The van der Waals surface area contributed by atoms with Crippen molar-refractivity contribution in [2.45, 2.75) is 31.8 Å². The first-order chi connectivity index (χ1) is 9.13. The van der Waals surface area contributed by atoms with E-state index in [0.29, 0.717) is 30.3 Å². The highest BCUT2D eigenvalue weighted by Crippen LogP contribution is 2.26. The first kappa shape index (κ1) is 14.4. The zero-order valence-electron chi connectivity index (χ0n) is 10.8. The van der Waals surface area contributed by atoms with Gasteiger partial charge in [0.2, 0.25) is 0 Å². The van der Waals surface area contributed by atoms with Gasteiger partial charge in [-0.3, -0.25) is 4.90 Å². The molecule has 1 aromatic rings. The summed E-state index contributed by atoms with van der Waals surface area (Å²) in [6.45, 7) is 1.15. The summed E-state index contributed by atoms with van der Waals surface area (Å²) in [5.74, 6) is -0.336. The van der Waals surface area contributed by atoms with Crippen LogP contribution in [0.4, 0.5) is 4.39 Å². The summed E-state index contributed by atoms with van der Waals surface area (Å²) >= 11 is 4.84. The Balaban J connectivity index is 2.16. The van der Waals surface area contributed by atoms with Crippen LogP contribution in [0.1, 0.15) is 30.4 Å². The number of rotatable bonds is 6. The molecule has 3 nitrogen and oxygen atoms in total. The molecule has 0 aromatic heterocycles. The minimum atomic E-state index is -0.336. The quantitative estimate of drug-likeness (QED) is 0.781. The first-order valence-corrected chi connectivity index (χ1v) is 6.96. The smallest absolute Gasteiger partial charge is 0.137 e. The molecule has 1 aliphatic carbocycles. The van der Waals surface area contributed by atoms with E-state index in [-0.39, 0.29) is 17.4 Å². The molecule has 0 bridgehead atoms. The lowest BCUT2D eigenvalue weighted by Crippen LogP contribution is -2.41. The lowest BCUT2D eigenvalue weighted by Gasteiger charge is -2.37. The maximum absolute atomic E-state index is 14.3. The minimum absolute atomic E-state index is 0.0803. The highest BCUT2D eigenvalue weighted by molar-refractivity contribution is 7.80. The Labute approximate surface area is 118 Å². The van der Waals surface area contributed by atoms with Crippen molar-refractivity contribution in [1.82, 2.24) is 4.90 Å². The number of nitrogens with two attached hydrogens (primary N) is 1. The molecule has 0 spiro atoms. The van der Waals surface area contributed by atoms with Crippen LogP contribution in [0.5, 0.6) is 0 Å². The monoisotopic (exact) mass is 282 g/mol. The fraction of sp³-hybridized carbons (Fsp3) is 0.500. The molecular weight excluding hydrogens is 263 g/mol. The first-order valence-electron chi connectivity index (χ1n) is 6.55. The second kappa shape index (κ2) is 6.41. The van der Waals surface area contributed by atoms with Gasteiger partial charge in [0.05, 0.1) is 6.61 Å². The topological polar surface area (TPSA) is 49.5 Å². The van der Waals surface area contributed by atoms with E-state index in [1.54, 1.807) is 18.2 Å². The van der Waals surface area contributed by atoms with E-state index in [4.69, 9.17) is 23.1 Å². The molecule has 0 saturated heterocycles. The van der Waals surface area contributed by atoms with E-state index < -0.39 is 0 Å². The van der Waals surface area contributed by atoms with Crippen LogP contribution in [0.2, 0.25) is 0 Å². The van der Waals surface area contributed by atoms with Crippen LogP contribution in [0.15, 0.2) is 18.2 Å². The molecule has 0 heterocycles. The van der Waals surface area contributed by atoms with Gasteiger partial charge in [0.1, 0.15) is 10.8 Å². The van der Waals surface area contributed by atoms with Crippen molar-refractivity contribution in [1.29, 1.82) is 0 Å². The number of benzene rings is 1. The molecule has 0 amide bonds. The third kappa shape index (κ3) is 3.29. The van der Waals surface area contributed by atoms with Crippen molar-refractivity contribution < 1.29 is 9.50 Å². The Bertz CT molecular complexity index is 463. The van der Waals surface area contributed by atoms with Gasteiger partial charge in [-0.25, -0.2) is 4.39 Å². The maximum Gasteiger partial charge on any atom is 0.137 e. The molecule has 1 fully saturated rings. The molecule has 104 valence electrons. The van der Waals surface area contributed by atoms with Gasteiger partial charge in [0, 0.05) is 30.3 Å². The summed E-state index contributed by atoms with van der Waals surface area (Å²) in [5.41, 5.74) is 6.39. The Morgan fingerprint density at radius 1 is 1.47 bits per heavy atom. The standard InChI is InChI=1S/C14H19FN2OS/c15-13-10(3-1-6-12(13)14(16)19)9-17(7-8-18)11-4-2-5-11/h1,3,6,11,18H,2,4-5,7-9H2,(H2,16,19). The van der Waals surface area contributed by atoms with E-state index in [0.717, 1.165) is 12.8 Å². The predicted octanol–water partition coefficient (Wildman–Crippen LogP) is 1.81. The Morgan fingerprint density at radius 3 is 2.74 bits per heavy atom. The van der Waals surface area contributed by atoms with E-state index in [9.17, 15) is 4.39 Å². The Morgan fingerprint density at radius 2 is 2.21 bits per heavy atom. The normalized spacial score (nSPS) is 15.5. The Hall–Kier alpha value is -1.04. The molecule has 0 atom stereocenters. The van der Waals surface area contributed by atoms with E-state index in [1.165, 1.54) is 6.42 Å². The molecule has 2 rings (SSSR count). The summed E-state index contributed by atoms with van der Waals surface area (Å²) in [6.07, 6.45) is 3.45. The van der Waals surface area contributed by atoms with Gasteiger partial charge in [0.25, 0.3) is 0 Å². The average molecular weight is 282 g/mol. The fourth-order valence-corrected chi connectivity index (χ4v) is 2.54. The van der Waals surface area contributed by atoms with Crippen molar-refractivity contribution in [3.05, 3.63) is 35.1 Å². The van der Waals surface area contributed by atoms with Crippen LogP contribution in [0.25, 0.3) is 0 Å². The van der Waals surface area contributed by atoms with Gasteiger partial charge >= 0.3 is 0 Å². The molecule has 0 radical (unpaired) electrons. The molecular formula is C14H19FN2OS. The fourth-order valence-electron chi connectivity index (χ4n) is 2.38. The van der Waals surface area contributed by atoms with E-state index in [2.05, 4.69) is 4.90 Å². The van der Waals surface area contributed by atoms with Crippen LogP contribution in [0.3, 0.4) is 0 Å². The molecule has 0 unspecified atom stereocenters. The number of aliphatic hydroxyl groups is 1. The molecule has 1 aromatic carbocycles. The van der Waals surface area contributed by atoms with Crippen molar-refractivity contribution in [2.24, 2.45) is 5.73 Å². The number of thiocarbonyl (C=S) groups is 1. The minimum Gasteiger partial charge on any atom is -0.395 e. The van der Waals surface area contributed by atoms with Crippen LogP contribution >= 0.6 is 12.2 Å². The van der Waals surface area contributed by atoms with Crippen molar-refractivity contribution in [3.63, 3.8) is 0 Å². The SMILES string of the molecule is NC(=S)c1cccc(CN(CCO)C2CCC2)c1F. The van der Waals surface area contributed by atoms with Gasteiger partial charge in [-0.05, 0) is 18.9 Å². The van der Waals surface area contributed by atoms with Crippen LogP contribution < -0.4 is 5.73 Å². The molecule has 1 saturated carbocycles. The molecule has 19 heavy (non-hydrogen) atoms. The lowest BCUT2D eigenvalue weighted by molar-refractivity contribution is 0.0934. The van der Waals surface area contributed by atoms with E-state index in [1.807, 2.05) is 0 Å². The van der Waals surface area contributed by atoms with Gasteiger partial charge in [0.15, 0.2) is 0 Å². The highest BCUT2D eigenvalue weighted by Gasteiger charge is 2.25. The summed E-state index contributed by atoms with van der Waals surface area (Å²) in [7, 11) is 0. The summed E-state index contributed by atoms with van der Waals surface area (Å²) in [6, 6.07) is 5.58. The van der Waals surface area contributed by atoms with Gasteiger partial charge in [-0.1, -0.05) is 30.8 Å². The third-order valence-corrected chi connectivity index (χ3v) is 3.92. The third-order valence-electron chi connectivity index (χ3n) is 3.70. The van der Waals surface area contributed by atoms with Gasteiger partial charge in [-0.2, -0.15) is 0 Å². The number of hydrogen-bond donors (Lipinski definition) is 2. The van der Waals surface area contributed by atoms with Crippen LogP contribution in [-0.2, 0) is 6.54 Å². The highest BCUT2D eigenvalue weighted by atomic mass is 32.1. The predicted molar refractivity (Wildman–Crippen MR) is 77.4 cm³/mol. The summed E-state index contributed by atoms with van der Waals surface area (Å²) in [4.78, 5) is 2.21. The van der Waals surface area contributed by atoms with Crippen molar-refractivity contribution >= 4 is 17.2 Å². The van der Waals surface area contributed by atoms with Gasteiger partial charge < -0.3 is 10.8 Å². The summed E-state index contributed by atoms with van der Waals surface area (Å²) in [5, 5.41) is 9.12. The zero-order chi connectivity index (χ0) is 13.8. The summed E-state index contributed by atoms with van der Waals surface area (Å²) < 4.78 is 14.3. The van der Waals surface area contributed by atoms with E-state index >= 15 is 0 Å². The van der Waals surface area contributed by atoms with Crippen LogP contribution in [0, 0.1) is 5.82 Å². The lowest BCUT2D eigenvalue weighted by atomic mass is 9.91. The largest absolute Gasteiger partial charge is 0.395 e. The van der Waals surface area contributed by atoms with Crippen molar-refractivity contribution in [2.75, 3.05) is 13.2 Å².